The Balaban J connectivity index is 2.14. The quantitative estimate of drug-likeness (QED) is 0.488. The normalized spacial score (nSPS) is 16.3. The molecular formula is C14H18ClN3O3. The third kappa shape index (κ3) is 3.50. The Morgan fingerprint density at radius 3 is 2.62 bits per heavy atom. The molecule has 1 aliphatic heterocycles. The molecule has 0 spiro atoms. The van der Waals surface area contributed by atoms with E-state index in [4.69, 9.17) is 11.6 Å². The minimum absolute atomic E-state index is 0.0107. The molecule has 6 nitrogen and oxygen atoms in total. The van der Waals surface area contributed by atoms with Gasteiger partial charge in [0.05, 0.1) is 10.5 Å². The number of amides is 1. The van der Waals surface area contributed by atoms with Crippen molar-refractivity contribution in [3.05, 3.63) is 33.1 Å². The molecule has 1 aromatic heterocycles. The largest absolute Gasteiger partial charge is 0.339 e. The summed E-state index contributed by atoms with van der Waals surface area (Å²) in [4.78, 5) is 28.1. The molecular weight excluding hydrogens is 294 g/mol. The first-order valence-electron chi connectivity index (χ1n) is 6.99. The number of carbonyl (C=O) groups excluding carboxylic acids is 1. The van der Waals surface area contributed by atoms with Crippen molar-refractivity contribution in [1.82, 2.24) is 9.88 Å². The van der Waals surface area contributed by atoms with Crippen LogP contribution in [0.2, 0.25) is 5.15 Å². The molecule has 2 heterocycles. The number of nitrogens with zero attached hydrogens (tertiary/aromatic N) is 3. The first-order chi connectivity index (χ1) is 9.90. The molecule has 0 aliphatic carbocycles. The Hall–Kier alpha value is -1.69. The highest BCUT2D eigenvalue weighted by Gasteiger charge is 2.27. The van der Waals surface area contributed by atoms with E-state index in [1.165, 1.54) is 6.07 Å². The molecule has 0 N–H and O–H groups in total. The van der Waals surface area contributed by atoms with Gasteiger partial charge in [0.1, 0.15) is 11.3 Å². The Morgan fingerprint density at radius 1 is 1.48 bits per heavy atom. The van der Waals surface area contributed by atoms with Crippen LogP contribution < -0.4 is 0 Å². The number of likely N-dealkylation sites (tertiary alicyclic amines) is 1. The smallest absolute Gasteiger partial charge is 0.288 e. The number of rotatable bonds is 3. The highest BCUT2D eigenvalue weighted by molar-refractivity contribution is 6.32. The Bertz CT molecular complexity index is 554. The van der Waals surface area contributed by atoms with Crippen LogP contribution in [0.15, 0.2) is 12.3 Å². The van der Waals surface area contributed by atoms with Crippen LogP contribution in [0.4, 0.5) is 5.69 Å². The summed E-state index contributed by atoms with van der Waals surface area (Å²) in [6.45, 7) is 5.67. The van der Waals surface area contributed by atoms with Crippen LogP contribution in [0.5, 0.6) is 0 Å². The Labute approximate surface area is 128 Å². The second-order valence-corrected chi connectivity index (χ2v) is 6.02. The summed E-state index contributed by atoms with van der Waals surface area (Å²) >= 11 is 5.91. The lowest BCUT2D eigenvalue weighted by Gasteiger charge is -2.33. The molecule has 0 bridgehead atoms. The van der Waals surface area contributed by atoms with Gasteiger partial charge in [0.25, 0.3) is 11.6 Å². The molecule has 1 saturated heterocycles. The maximum atomic E-state index is 12.5. The number of halogens is 1. The molecule has 0 radical (unpaired) electrons. The SMILES string of the molecule is CC(C)C1CCN(C(=O)c2cc([N+](=O)[O-])cnc2Cl)CC1. The lowest BCUT2D eigenvalue weighted by atomic mass is 9.86. The van der Waals surface area contributed by atoms with E-state index < -0.39 is 4.92 Å². The van der Waals surface area contributed by atoms with E-state index in [2.05, 4.69) is 18.8 Å². The number of hydrogen-bond donors (Lipinski definition) is 0. The van der Waals surface area contributed by atoms with Crippen LogP contribution in [-0.4, -0.2) is 33.8 Å². The molecule has 0 saturated carbocycles. The van der Waals surface area contributed by atoms with Crippen molar-refractivity contribution in [2.45, 2.75) is 26.7 Å². The van der Waals surface area contributed by atoms with Crippen molar-refractivity contribution in [2.24, 2.45) is 11.8 Å². The molecule has 1 fully saturated rings. The third-order valence-corrected chi connectivity index (χ3v) is 4.34. The minimum Gasteiger partial charge on any atom is -0.339 e. The van der Waals surface area contributed by atoms with Crippen molar-refractivity contribution in [2.75, 3.05) is 13.1 Å². The van der Waals surface area contributed by atoms with Crippen LogP contribution in [0.3, 0.4) is 0 Å². The molecule has 7 heteroatoms. The first kappa shape index (κ1) is 15.7. The summed E-state index contributed by atoms with van der Waals surface area (Å²) < 4.78 is 0. The van der Waals surface area contributed by atoms with Crippen molar-refractivity contribution in [1.29, 1.82) is 0 Å². The number of aromatic nitrogens is 1. The fourth-order valence-corrected chi connectivity index (χ4v) is 2.81. The number of hydrogen-bond acceptors (Lipinski definition) is 4. The van der Waals surface area contributed by atoms with Crippen LogP contribution >= 0.6 is 11.6 Å². The van der Waals surface area contributed by atoms with Gasteiger partial charge in [-0.1, -0.05) is 25.4 Å². The van der Waals surface area contributed by atoms with Gasteiger partial charge in [-0.2, -0.15) is 0 Å². The topological polar surface area (TPSA) is 76.3 Å². The maximum absolute atomic E-state index is 12.5. The van der Waals surface area contributed by atoms with Crippen LogP contribution in [0, 0.1) is 22.0 Å². The summed E-state index contributed by atoms with van der Waals surface area (Å²) in [7, 11) is 0. The lowest BCUT2D eigenvalue weighted by Crippen LogP contribution is -2.39. The summed E-state index contributed by atoms with van der Waals surface area (Å²) in [6.07, 6.45) is 2.96. The predicted molar refractivity (Wildman–Crippen MR) is 79.4 cm³/mol. The third-order valence-electron chi connectivity index (χ3n) is 4.04. The van der Waals surface area contributed by atoms with Crippen molar-refractivity contribution < 1.29 is 9.72 Å². The highest BCUT2D eigenvalue weighted by Crippen LogP contribution is 2.27. The average Bonchev–Trinajstić information content (AvgIpc) is 2.47. The van der Waals surface area contributed by atoms with E-state index in [0.29, 0.717) is 24.9 Å². The molecule has 0 unspecified atom stereocenters. The second-order valence-electron chi connectivity index (χ2n) is 5.66. The van der Waals surface area contributed by atoms with E-state index in [9.17, 15) is 14.9 Å². The van der Waals surface area contributed by atoms with E-state index in [0.717, 1.165) is 19.0 Å². The average molecular weight is 312 g/mol. The van der Waals surface area contributed by atoms with E-state index in [-0.39, 0.29) is 22.3 Å². The van der Waals surface area contributed by atoms with E-state index in [1.54, 1.807) is 4.90 Å². The van der Waals surface area contributed by atoms with Gasteiger partial charge < -0.3 is 4.90 Å². The van der Waals surface area contributed by atoms with Gasteiger partial charge in [-0.15, -0.1) is 0 Å². The number of pyridine rings is 1. The minimum atomic E-state index is -0.578. The van der Waals surface area contributed by atoms with Gasteiger partial charge in [-0.25, -0.2) is 4.98 Å². The zero-order valence-corrected chi connectivity index (χ0v) is 12.8. The van der Waals surface area contributed by atoms with E-state index in [1.807, 2.05) is 0 Å². The number of carbonyl (C=O) groups is 1. The molecule has 21 heavy (non-hydrogen) atoms. The first-order valence-corrected chi connectivity index (χ1v) is 7.37. The van der Waals surface area contributed by atoms with Crippen molar-refractivity contribution in [3.63, 3.8) is 0 Å². The summed E-state index contributed by atoms with van der Waals surface area (Å²) in [5, 5.41) is 10.8. The molecule has 1 aliphatic rings. The second kappa shape index (κ2) is 6.39. The monoisotopic (exact) mass is 311 g/mol. The van der Waals surface area contributed by atoms with Crippen molar-refractivity contribution in [3.8, 4) is 0 Å². The zero-order chi connectivity index (χ0) is 15.6. The van der Waals surface area contributed by atoms with Gasteiger partial charge in [0, 0.05) is 19.2 Å². The summed E-state index contributed by atoms with van der Waals surface area (Å²) in [5.74, 6) is 0.941. The molecule has 2 rings (SSSR count). The fraction of sp³-hybridized carbons (Fsp3) is 0.571. The molecule has 1 aromatic rings. The van der Waals surface area contributed by atoms with E-state index >= 15 is 0 Å². The lowest BCUT2D eigenvalue weighted by molar-refractivity contribution is -0.385. The highest BCUT2D eigenvalue weighted by atomic mass is 35.5. The maximum Gasteiger partial charge on any atom is 0.288 e. The van der Waals surface area contributed by atoms with Crippen LogP contribution in [-0.2, 0) is 0 Å². The molecule has 0 aromatic carbocycles. The van der Waals surface area contributed by atoms with Crippen LogP contribution in [0.25, 0.3) is 0 Å². The zero-order valence-electron chi connectivity index (χ0n) is 12.1. The van der Waals surface area contributed by atoms with Crippen LogP contribution in [0.1, 0.15) is 37.0 Å². The standard InChI is InChI=1S/C14H18ClN3O3/c1-9(2)10-3-5-17(6-4-10)14(19)12-7-11(18(20)21)8-16-13(12)15/h7-10H,3-6H2,1-2H3. The van der Waals surface area contributed by atoms with Gasteiger partial charge in [0.15, 0.2) is 0 Å². The predicted octanol–water partition coefficient (Wildman–Crippen LogP) is 3.15. The molecule has 114 valence electrons. The van der Waals surface area contributed by atoms with Gasteiger partial charge in [-0.3, -0.25) is 14.9 Å². The number of nitro groups is 1. The Kier molecular flexibility index (Phi) is 4.77. The fourth-order valence-electron chi connectivity index (χ4n) is 2.63. The molecule has 1 amide bonds. The Morgan fingerprint density at radius 2 is 2.10 bits per heavy atom. The summed E-state index contributed by atoms with van der Waals surface area (Å²) in [5.41, 5.74) is -0.117. The van der Waals surface area contributed by atoms with Gasteiger partial charge in [-0.05, 0) is 24.7 Å². The number of piperidine rings is 1. The van der Waals surface area contributed by atoms with Gasteiger partial charge >= 0.3 is 0 Å². The molecule has 0 atom stereocenters. The summed E-state index contributed by atoms with van der Waals surface area (Å²) in [6, 6.07) is 1.20. The van der Waals surface area contributed by atoms with Crippen molar-refractivity contribution >= 4 is 23.2 Å². The van der Waals surface area contributed by atoms with Gasteiger partial charge in [0.2, 0.25) is 0 Å².